The summed E-state index contributed by atoms with van der Waals surface area (Å²) in [6, 6.07) is 44.6. The van der Waals surface area contributed by atoms with Crippen LogP contribution in [0.2, 0.25) is 0 Å². The van der Waals surface area contributed by atoms with Crippen LogP contribution < -0.4 is 32.9 Å². The third kappa shape index (κ3) is 10.8. The highest BCUT2D eigenvalue weighted by atomic mass is 79.9. The Bertz CT molecular complexity index is 1070. The van der Waals surface area contributed by atoms with E-state index >= 15 is 0 Å². The Morgan fingerprint density at radius 3 is 1.20 bits per heavy atom. The summed E-state index contributed by atoms with van der Waals surface area (Å²) in [4.78, 5) is 0. The average Bonchev–Trinajstić information content (AvgIpc) is 3.03. The van der Waals surface area contributed by atoms with Gasteiger partial charge in [-0.2, -0.15) is 0 Å². The van der Waals surface area contributed by atoms with Crippen LogP contribution in [0, 0.1) is 0 Å². The highest BCUT2D eigenvalue weighted by Gasteiger charge is 2.44. The highest BCUT2D eigenvalue weighted by Crippen LogP contribution is 2.56. The van der Waals surface area contributed by atoms with Crippen LogP contribution in [0.1, 0.15) is 69.8 Å². The van der Waals surface area contributed by atoms with Crippen LogP contribution in [0.3, 0.4) is 0 Å². The van der Waals surface area contributed by atoms with Crippen LogP contribution in [0.25, 0.3) is 0 Å². The first-order valence-corrected chi connectivity index (χ1v) is 17.5. The Hall–Kier alpha value is -2.25. The monoisotopic (exact) mass is 630 g/mol. The Morgan fingerprint density at radius 1 is 0.390 bits per heavy atom. The number of hydrogen-bond donors (Lipinski definition) is 0. The lowest BCUT2D eigenvalue weighted by Gasteiger charge is -2.27. The van der Waals surface area contributed by atoms with E-state index in [0.717, 1.165) is 19.6 Å². The number of rotatable bonds is 19. The molecule has 0 aliphatic heterocycles. The minimum atomic E-state index is -1.66. The van der Waals surface area contributed by atoms with Gasteiger partial charge >= 0.3 is 0 Å². The second-order valence-corrected chi connectivity index (χ2v) is 14.5. The molecule has 218 valence electrons. The van der Waals surface area contributed by atoms with Crippen molar-refractivity contribution in [3.8, 4) is 0 Å². The Balaban J connectivity index is 0.00000462. The van der Waals surface area contributed by atoms with Gasteiger partial charge in [-0.15, -0.1) is 0 Å². The number of benzene rings is 4. The maximum absolute atomic E-state index is 5.83. The molecule has 0 heterocycles. The Morgan fingerprint density at radius 2 is 0.756 bits per heavy atom. The SMILES string of the molecule is [Br-].c1ccc(CCOCCCCCCCCCCCC[P+](c2ccccc2)(c2ccccc2)c2ccccc2)cc1. The normalized spacial score (nSPS) is 11.2. The second kappa shape index (κ2) is 19.8. The zero-order valence-electron chi connectivity index (χ0n) is 24.7. The molecule has 0 N–H and O–H groups in total. The van der Waals surface area contributed by atoms with Gasteiger partial charge in [0.2, 0.25) is 0 Å². The molecule has 3 heteroatoms. The van der Waals surface area contributed by atoms with Crippen molar-refractivity contribution in [2.45, 2.75) is 70.6 Å². The highest BCUT2D eigenvalue weighted by molar-refractivity contribution is 7.95. The summed E-state index contributed by atoms with van der Waals surface area (Å²) in [5.41, 5.74) is 1.37. The lowest BCUT2D eigenvalue weighted by Crippen LogP contribution is -3.00. The summed E-state index contributed by atoms with van der Waals surface area (Å²) in [7, 11) is -1.66. The lowest BCUT2D eigenvalue weighted by atomic mass is 10.1. The molecule has 0 aliphatic rings. The van der Waals surface area contributed by atoms with Crippen molar-refractivity contribution in [1.29, 1.82) is 0 Å². The van der Waals surface area contributed by atoms with Gasteiger partial charge in [-0.1, -0.05) is 130 Å². The summed E-state index contributed by atoms with van der Waals surface area (Å²) in [5, 5.41) is 4.52. The number of halogens is 1. The van der Waals surface area contributed by atoms with Crippen LogP contribution >= 0.6 is 7.26 Å². The molecule has 0 atom stereocenters. The molecule has 4 aromatic rings. The van der Waals surface area contributed by atoms with Crippen molar-refractivity contribution in [2.75, 3.05) is 19.4 Å². The van der Waals surface area contributed by atoms with E-state index in [0.29, 0.717) is 0 Å². The third-order valence-electron chi connectivity index (χ3n) is 8.00. The molecule has 0 unspecified atom stereocenters. The van der Waals surface area contributed by atoms with Gasteiger partial charge in [-0.3, -0.25) is 0 Å². The van der Waals surface area contributed by atoms with E-state index in [9.17, 15) is 0 Å². The summed E-state index contributed by atoms with van der Waals surface area (Å²) >= 11 is 0. The van der Waals surface area contributed by atoms with Gasteiger partial charge in [-0.25, -0.2) is 0 Å². The van der Waals surface area contributed by atoms with E-state index in [-0.39, 0.29) is 17.0 Å². The predicted molar refractivity (Wildman–Crippen MR) is 177 cm³/mol. The molecule has 0 aromatic heterocycles. The Labute approximate surface area is 260 Å². The van der Waals surface area contributed by atoms with Crippen molar-refractivity contribution >= 4 is 23.2 Å². The molecule has 0 fully saturated rings. The van der Waals surface area contributed by atoms with Crippen LogP contribution in [-0.4, -0.2) is 19.4 Å². The van der Waals surface area contributed by atoms with E-state index in [1.165, 1.54) is 91.8 Å². The summed E-state index contributed by atoms with van der Waals surface area (Å²) in [6.07, 6.45) is 15.6. The lowest BCUT2D eigenvalue weighted by molar-refractivity contribution is -0.00000882. The standard InChI is InChI=1S/C38H48OP.BrH/c1(3-5-7-21-32-39-33-31-35-23-13-9-14-24-35)2-4-6-8-22-34-40(36-25-15-10-16-26-36,37-27-17-11-18-28-37)38-29-19-12-20-30-38;/h9-20,23-30H,1-8,21-22,31-34H2;1H/q+1;/p-1. The Kier molecular flexibility index (Phi) is 16.1. The van der Waals surface area contributed by atoms with Crippen molar-refractivity contribution in [2.24, 2.45) is 0 Å². The topological polar surface area (TPSA) is 9.23 Å². The molecule has 0 amide bonds. The molecule has 4 aromatic carbocycles. The average molecular weight is 632 g/mol. The molecule has 0 saturated carbocycles. The molecule has 0 spiro atoms. The quantitative estimate of drug-likeness (QED) is 0.0893. The van der Waals surface area contributed by atoms with E-state index in [1.807, 2.05) is 0 Å². The molecule has 41 heavy (non-hydrogen) atoms. The van der Waals surface area contributed by atoms with E-state index in [2.05, 4.69) is 121 Å². The number of ether oxygens (including phenoxy) is 1. The maximum Gasteiger partial charge on any atom is 0.112 e. The van der Waals surface area contributed by atoms with Crippen molar-refractivity contribution < 1.29 is 21.7 Å². The molecule has 0 aliphatic carbocycles. The minimum absolute atomic E-state index is 0. The molecule has 0 saturated heterocycles. The fraction of sp³-hybridized carbons (Fsp3) is 0.368. The first kappa shape index (κ1) is 33.3. The number of unbranched alkanes of at least 4 members (excludes halogenated alkanes) is 9. The van der Waals surface area contributed by atoms with Crippen LogP contribution in [-0.2, 0) is 11.2 Å². The number of hydrogen-bond acceptors (Lipinski definition) is 1. The zero-order chi connectivity index (χ0) is 27.6. The van der Waals surface area contributed by atoms with Crippen LogP contribution in [0.4, 0.5) is 0 Å². The zero-order valence-corrected chi connectivity index (χ0v) is 27.2. The van der Waals surface area contributed by atoms with Gasteiger partial charge in [0.15, 0.2) is 0 Å². The van der Waals surface area contributed by atoms with Gasteiger partial charge in [0.1, 0.15) is 23.2 Å². The van der Waals surface area contributed by atoms with Crippen LogP contribution in [0.15, 0.2) is 121 Å². The molecular weight excluding hydrogens is 583 g/mol. The molecule has 0 radical (unpaired) electrons. The largest absolute Gasteiger partial charge is 1.00 e. The maximum atomic E-state index is 5.83. The van der Waals surface area contributed by atoms with E-state index < -0.39 is 7.26 Å². The fourth-order valence-electron chi connectivity index (χ4n) is 5.79. The van der Waals surface area contributed by atoms with Gasteiger partial charge in [-0.05, 0) is 67.6 Å². The minimum Gasteiger partial charge on any atom is -1.00 e. The van der Waals surface area contributed by atoms with Crippen molar-refractivity contribution in [3.63, 3.8) is 0 Å². The van der Waals surface area contributed by atoms with Gasteiger partial charge < -0.3 is 21.7 Å². The third-order valence-corrected chi connectivity index (χ3v) is 12.5. The van der Waals surface area contributed by atoms with E-state index in [4.69, 9.17) is 4.74 Å². The molecule has 4 rings (SSSR count). The summed E-state index contributed by atoms with van der Waals surface area (Å²) < 4.78 is 5.83. The predicted octanol–water partition coefficient (Wildman–Crippen LogP) is 6.14. The van der Waals surface area contributed by atoms with Crippen LogP contribution in [0.5, 0.6) is 0 Å². The van der Waals surface area contributed by atoms with Gasteiger partial charge in [0, 0.05) is 6.61 Å². The molecule has 1 nitrogen and oxygen atoms in total. The fourth-order valence-corrected chi connectivity index (χ4v) is 10.2. The molecular formula is C38H48BrOP. The summed E-state index contributed by atoms with van der Waals surface area (Å²) in [6.45, 7) is 1.75. The van der Waals surface area contributed by atoms with Crippen molar-refractivity contribution in [3.05, 3.63) is 127 Å². The van der Waals surface area contributed by atoms with Crippen molar-refractivity contribution in [1.82, 2.24) is 0 Å². The molecule has 0 bridgehead atoms. The first-order chi connectivity index (χ1) is 19.9. The van der Waals surface area contributed by atoms with E-state index in [1.54, 1.807) is 0 Å². The van der Waals surface area contributed by atoms with Gasteiger partial charge in [0.25, 0.3) is 0 Å². The second-order valence-electron chi connectivity index (χ2n) is 10.9. The smallest absolute Gasteiger partial charge is 0.112 e. The first-order valence-electron chi connectivity index (χ1n) is 15.6. The summed E-state index contributed by atoms with van der Waals surface area (Å²) in [5.74, 6) is 0. The van der Waals surface area contributed by atoms with Gasteiger partial charge in [0.05, 0.1) is 12.8 Å².